The van der Waals surface area contributed by atoms with Crippen LogP contribution in [0.5, 0.6) is 0 Å². The Morgan fingerprint density at radius 1 is 1.14 bits per heavy atom. The smallest absolute Gasteiger partial charge is 0.273 e. The Balaban J connectivity index is 2.39. The highest BCUT2D eigenvalue weighted by Gasteiger charge is 2.21. The highest BCUT2D eigenvalue weighted by Crippen LogP contribution is 2.25. The Morgan fingerprint density at radius 3 is 2.41 bits per heavy atom. The van der Waals surface area contributed by atoms with Gasteiger partial charge in [0.2, 0.25) is 0 Å². The molecule has 0 bridgehead atoms. The van der Waals surface area contributed by atoms with Gasteiger partial charge in [0.1, 0.15) is 0 Å². The molecular formula is C14H13ClN2O4S. The van der Waals surface area contributed by atoms with Crippen molar-refractivity contribution in [1.29, 1.82) is 0 Å². The van der Waals surface area contributed by atoms with Crippen LogP contribution in [0, 0.1) is 10.1 Å². The van der Waals surface area contributed by atoms with E-state index in [0.29, 0.717) is 17.7 Å². The predicted molar refractivity (Wildman–Crippen MR) is 84.8 cm³/mol. The van der Waals surface area contributed by atoms with Crippen LogP contribution in [0.25, 0.3) is 0 Å². The number of nitro benzene ring substituents is 1. The topological polar surface area (TPSA) is 89.3 Å². The van der Waals surface area contributed by atoms with Crippen LogP contribution in [-0.2, 0) is 16.4 Å². The summed E-state index contributed by atoms with van der Waals surface area (Å²) in [6, 6.07) is 12.1. The van der Waals surface area contributed by atoms with Crippen LogP contribution < -0.4 is 4.72 Å². The van der Waals surface area contributed by atoms with Crippen molar-refractivity contribution in [3.05, 3.63) is 64.2 Å². The molecule has 0 spiro atoms. The number of hydrogen-bond acceptors (Lipinski definition) is 4. The number of rotatable bonds is 6. The van der Waals surface area contributed by atoms with Crippen molar-refractivity contribution in [2.75, 3.05) is 10.6 Å². The first-order valence-electron chi connectivity index (χ1n) is 6.35. The minimum Gasteiger partial charge on any atom is -0.280 e. The van der Waals surface area contributed by atoms with Gasteiger partial charge in [-0.25, -0.2) is 8.42 Å². The molecule has 0 aliphatic rings. The van der Waals surface area contributed by atoms with Crippen molar-refractivity contribution in [2.24, 2.45) is 0 Å². The Kier molecular flexibility index (Phi) is 4.99. The van der Waals surface area contributed by atoms with Gasteiger partial charge in [-0.1, -0.05) is 24.3 Å². The fourth-order valence-corrected chi connectivity index (χ4v) is 3.20. The number of nitro groups is 1. The van der Waals surface area contributed by atoms with Crippen LogP contribution in [0.2, 0.25) is 0 Å². The number of nitrogens with zero attached hydrogens (tertiary/aromatic N) is 1. The van der Waals surface area contributed by atoms with E-state index < -0.39 is 14.9 Å². The molecule has 0 fully saturated rings. The first kappa shape index (κ1) is 16.3. The number of aryl methyl sites for hydroxylation is 1. The van der Waals surface area contributed by atoms with Crippen LogP contribution in [0.4, 0.5) is 11.4 Å². The van der Waals surface area contributed by atoms with Crippen molar-refractivity contribution in [1.82, 2.24) is 0 Å². The largest absolute Gasteiger partial charge is 0.280 e. The Hall–Kier alpha value is -2.12. The molecule has 2 aromatic carbocycles. The summed E-state index contributed by atoms with van der Waals surface area (Å²) in [6.45, 7) is 0. The third-order valence-electron chi connectivity index (χ3n) is 2.95. The maximum Gasteiger partial charge on any atom is 0.273 e. The first-order valence-corrected chi connectivity index (χ1v) is 8.37. The number of halogens is 1. The Bertz CT molecular complexity index is 779. The van der Waals surface area contributed by atoms with E-state index in [1.165, 1.54) is 12.1 Å². The lowest BCUT2D eigenvalue weighted by Gasteiger charge is -2.09. The van der Waals surface area contributed by atoms with Gasteiger partial charge in [-0.05, 0) is 24.6 Å². The third kappa shape index (κ3) is 3.75. The lowest BCUT2D eigenvalue weighted by Crippen LogP contribution is -2.13. The van der Waals surface area contributed by atoms with E-state index in [2.05, 4.69) is 4.72 Å². The molecule has 0 saturated carbocycles. The average molecular weight is 341 g/mol. The number of sulfonamides is 1. The van der Waals surface area contributed by atoms with Crippen LogP contribution in [0.15, 0.2) is 53.4 Å². The molecule has 2 aromatic rings. The van der Waals surface area contributed by atoms with Crippen molar-refractivity contribution in [3.63, 3.8) is 0 Å². The molecule has 0 atom stereocenters. The zero-order valence-electron chi connectivity index (χ0n) is 11.4. The summed E-state index contributed by atoms with van der Waals surface area (Å²) in [5.74, 6) is 0.217. The van der Waals surface area contributed by atoms with Gasteiger partial charge >= 0.3 is 0 Å². The summed E-state index contributed by atoms with van der Waals surface area (Å²) in [6.07, 6.45) is 0.296. The number of hydrogen-bond donors (Lipinski definition) is 1. The van der Waals surface area contributed by atoms with E-state index >= 15 is 0 Å². The molecule has 0 radical (unpaired) electrons. The van der Waals surface area contributed by atoms with Gasteiger partial charge in [0.15, 0.2) is 0 Å². The van der Waals surface area contributed by atoms with Crippen LogP contribution in [0.3, 0.4) is 0 Å². The van der Waals surface area contributed by atoms with E-state index in [-0.39, 0.29) is 16.5 Å². The molecular weight excluding hydrogens is 328 g/mol. The zero-order valence-corrected chi connectivity index (χ0v) is 13.0. The molecule has 8 heteroatoms. The van der Waals surface area contributed by atoms with Crippen LogP contribution in [-0.4, -0.2) is 19.2 Å². The second-order valence-corrected chi connectivity index (χ2v) is 6.52. The summed E-state index contributed by atoms with van der Waals surface area (Å²) < 4.78 is 26.9. The van der Waals surface area contributed by atoms with Gasteiger partial charge in [-0.2, -0.15) is 0 Å². The molecule has 0 aliphatic heterocycles. The fourth-order valence-electron chi connectivity index (χ4n) is 1.91. The molecule has 0 unspecified atom stereocenters. The zero-order chi connectivity index (χ0) is 16.2. The predicted octanol–water partition coefficient (Wildman–Crippen LogP) is 3.18. The molecule has 22 heavy (non-hydrogen) atoms. The Labute approximate surface area is 132 Å². The van der Waals surface area contributed by atoms with Gasteiger partial charge in [0.05, 0.1) is 9.82 Å². The van der Waals surface area contributed by atoms with Crippen LogP contribution in [0.1, 0.15) is 5.56 Å². The number of nitrogens with one attached hydrogen (secondary N) is 1. The van der Waals surface area contributed by atoms with Gasteiger partial charge in [0.25, 0.3) is 15.7 Å². The SMILES string of the molecule is O=[N+]([O-])c1cc(S(=O)(=O)Nc2ccccc2)ccc1CCCl. The molecule has 0 heterocycles. The standard InChI is InChI=1S/C14H13ClN2O4S/c15-9-8-11-6-7-13(10-14(11)17(18)19)22(20,21)16-12-4-2-1-3-5-12/h1-7,10,16H,8-9H2. The maximum atomic E-state index is 12.3. The monoisotopic (exact) mass is 340 g/mol. The van der Waals surface area contributed by atoms with E-state index in [0.717, 1.165) is 6.07 Å². The molecule has 1 N–H and O–H groups in total. The number of benzene rings is 2. The summed E-state index contributed by atoms with van der Waals surface area (Å²) in [7, 11) is -3.89. The summed E-state index contributed by atoms with van der Waals surface area (Å²) >= 11 is 5.60. The van der Waals surface area contributed by atoms with Crippen molar-refractivity contribution in [3.8, 4) is 0 Å². The van der Waals surface area contributed by atoms with Crippen molar-refractivity contribution in [2.45, 2.75) is 11.3 Å². The average Bonchev–Trinajstić information content (AvgIpc) is 2.48. The fraction of sp³-hybridized carbons (Fsp3) is 0.143. The van der Waals surface area contributed by atoms with Crippen molar-refractivity contribution >= 4 is 33.0 Å². The summed E-state index contributed by atoms with van der Waals surface area (Å²) in [5.41, 5.74) is 0.533. The van der Waals surface area contributed by atoms with Crippen LogP contribution >= 0.6 is 11.6 Å². The number of anilines is 1. The number of para-hydroxylation sites is 1. The van der Waals surface area contributed by atoms with Gasteiger partial charge in [-0.15, -0.1) is 11.6 Å². The van der Waals surface area contributed by atoms with Gasteiger partial charge in [0, 0.05) is 23.2 Å². The molecule has 0 amide bonds. The highest BCUT2D eigenvalue weighted by molar-refractivity contribution is 7.92. The summed E-state index contributed by atoms with van der Waals surface area (Å²) in [5, 5.41) is 11.1. The van der Waals surface area contributed by atoms with Gasteiger partial charge < -0.3 is 0 Å². The minimum atomic E-state index is -3.89. The van der Waals surface area contributed by atoms with Gasteiger partial charge in [-0.3, -0.25) is 14.8 Å². The molecule has 0 aliphatic carbocycles. The first-order chi connectivity index (χ1) is 10.4. The second kappa shape index (κ2) is 6.76. The van der Waals surface area contributed by atoms with E-state index in [1.54, 1.807) is 30.3 Å². The summed E-state index contributed by atoms with van der Waals surface area (Å²) in [4.78, 5) is 10.3. The molecule has 2 rings (SSSR count). The van der Waals surface area contributed by atoms with E-state index in [1.807, 2.05) is 0 Å². The number of alkyl halides is 1. The second-order valence-electron chi connectivity index (χ2n) is 4.46. The van der Waals surface area contributed by atoms with E-state index in [9.17, 15) is 18.5 Å². The molecule has 116 valence electrons. The molecule has 0 aromatic heterocycles. The lowest BCUT2D eigenvalue weighted by atomic mass is 10.1. The lowest BCUT2D eigenvalue weighted by molar-refractivity contribution is -0.385. The normalized spacial score (nSPS) is 11.1. The quantitative estimate of drug-likeness (QED) is 0.497. The minimum absolute atomic E-state index is 0.165. The maximum absolute atomic E-state index is 12.3. The third-order valence-corrected chi connectivity index (χ3v) is 4.52. The Morgan fingerprint density at radius 2 is 1.82 bits per heavy atom. The molecule has 6 nitrogen and oxygen atoms in total. The molecule has 0 saturated heterocycles. The highest BCUT2D eigenvalue weighted by atomic mass is 35.5. The van der Waals surface area contributed by atoms with Crippen molar-refractivity contribution < 1.29 is 13.3 Å². The van der Waals surface area contributed by atoms with E-state index in [4.69, 9.17) is 11.6 Å².